The molecule has 0 spiro atoms. The van der Waals surface area contributed by atoms with Crippen LogP contribution < -0.4 is 0 Å². The zero-order valence-electron chi connectivity index (χ0n) is 12.9. The second kappa shape index (κ2) is 6.37. The summed E-state index contributed by atoms with van der Waals surface area (Å²) in [5.41, 5.74) is 1.06. The highest BCUT2D eigenvalue weighted by atomic mass is 32.2. The Labute approximate surface area is 134 Å². The lowest BCUT2D eigenvalue weighted by molar-refractivity contribution is -0.125. The summed E-state index contributed by atoms with van der Waals surface area (Å²) in [6.07, 6.45) is 1.57. The number of nitriles is 1. The van der Waals surface area contributed by atoms with Gasteiger partial charge in [0.25, 0.3) is 0 Å². The lowest BCUT2D eigenvalue weighted by Gasteiger charge is -2.19. The topological polar surface area (TPSA) is 61.2 Å². The van der Waals surface area contributed by atoms with Gasteiger partial charge in [0.15, 0.2) is 5.78 Å². The number of benzene rings is 1. The number of carbonyl (C=O) groups excluding carboxylic acids is 2. The Balaban J connectivity index is 2.19. The van der Waals surface area contributed by atoms with Crippen molar-refractivity contribution in [2.45, 2.75) is 27.3 Å². The number of carbonyl (C=O) groups is 2. The maximum atomic E-state index is 12.1. The SMILES string of the molecule is CC(C)(C)C(=O)/C=C1\SCC(=O)N1Cc1ccc(C#N)cc1. The first-order chi connectivity index (χ1) is 10.3. The molecule has 22 heavy (non-hydrogen) atoms. The molecule has 0 N–H and O–H groups in total. The summed E-state index contributed by atoms with van der Waals surface area (Å²) in [7, 11) is 0. The molecule has 1 aliphatic rings. The lowest BCUT2D eigenvalue weighted by Crippen LogP contribution is -2.25. The number of hydrogen-bond acceptors (Lipinski definition) is 4. The first kappa shape index (κ1) is 16.3. The minimum atomic E-state index is -0.459. The van der Waals surface area contributed by atoms with Crippen molar-refractivity contribution in [3.05, 3.63) is 46.5 Å². The Kier molecular flexibility index (Phi) is 4.72. The second-order valence-electron chi connectivity index (χ2n) is 6.17. The Morgan fingerprint density at radius 3 is 2.55 bits per heavy atom. The van der Waals surface area contributed by atoms with E-state index in [1.54, 1.807) is 23.1 Å². The van der Waals surface area contributed by atoms with Crippen LogP contribution in [-0.4, -0.2) is 22.3 Å². The predicted molar refractivity (Wildman–Crippen MR) is 86.7 cm³/mol. The molecule has 1 amide bonds. The molecule has 0 atom stereocenters. The number of rotatable bonds is 3. The van der Waals surface area contributed by atoms with Crippen LogP contribution in [0.3, 0.4) is 0 Å². The summed E-state index contributed by atoms with van der Waals surface area (Å²) in [4.78, 5) is 25.8. The van der Waals surface area contributed by atoms with Gasteiger partial charge in [-0.3, -0.25) is 9.59 Å². The zero-order valence-corrected chi connectivity index (χ0v) is 13.7. The maximum absolute atomic E-state index is 12.1. The Bertz CT molecular complexity index is 663. The standard InChI is InChI=1S/C17H18N2O2S/c1-17(2,3)14(20)8-16-19(15(21)11-22-16)10-13-6-4-12(9-18)5-7-13/h4-8H,10-11H2,1-3H3/b16-8-. The molecule has 1 aliphatic heterocycles. The van der Waals surface area contributed by atoms with Crippen LogP contribution in [0.5, 0.6) is 0 Å². The van der Waals surface area contributed by atoms with Crippen molar-refractivity contribution in [1.29, 1.82) is 5.26 Å². The molecule has 1 fully saturated rings. The number of hydrogen-bond donors (Lipinski definition) is 0. The summed E-state index contributed by atoms with van der Waals surface area (Å²) >= 11 is 1.39. The molecule has 0 saturated carbocycles. The first-order valence-corrected chi connectivity index (χ1v) is 7.98. The zero-order chi connectivity index (χ0) is 16.3. The highest BCUT2D eigenvalue weighted by Crippen LogP contribution is 2.31. The highest BCUT2D eigenvalue weighted by Gasteiger charge is 2.29. The monoisotopic (exact) mass is 314 g/mol. The summed E-state index contributed by atoms with van der Waals surface area (Å²) in [5.74, 6) is 0.372. The van der Waals surface area contributed by atoms with Crippen molar-refractivity contribution in [3.8, 4) is 6.07 Å². The van der Waals surface area contributed by atoms with Crippen LogP contribution in [0.4, 0.5) is 0 Å². The molecule has 1 heterocycles. The van der Waals surface area contributed by atoms with Crippen LogP contribution in [-0.2, 0) is 16.1 Å². The first-order valence-electron chi connectivity index (χ1n) is 6.99. The van der Waals surface area contributed by atoms with E-state index in [0.717, 1.165) is 5.56 Å². The normalized spacial score (nSPS) is 16.9. The van der Waals surface area contributed by atoms with Gasteiger partial charge in [-0.05, 0) is 17.7 Å². The average molecular weight is 314 g/mol. The molecule has 114 valence electrons. The molecule has 0 aliphatic carbocycles. The second-order valence-corrected chi connectivity index (χ2v) is 7.17. The van der Waals surface area contributed by atoms with Gasteiger partial charge >= 0.3 is 0 Å². The molecule has 2 rings (SSSR count). The van der Waals surface area contributed by atoms with Gasteiger partial charge in [-0.1, -0.05) is 44.7 Å². The van der Waals surface area contributed by atoms with Crippen LogP contribution in [0.1, 0.15) is 31.9 Å². The largest absolute Gasteiger partial charge is 0.301 e. The molecular formula is C17H18N2O2S. The quantitative estimate of drug-likeness (QED) is 0.804. The van der Waals surface area contributed by atoms with Gasteiger partial charge in [0, 0.05) is 11.5 Å². The van der Waals surface area contributed by atoms with E-state index < -0.39 is 5.41 Å². The molecule has 1 saturated heterocycles. The van der Waals surface area contributed by atoms with Crippen molar-refractivity contribution >= 4 is 23.5 Å². The smallest absolute Gasteiger partial charge is 0.238 e. The predicted octanol–water partition coefficient (Wildman–Crippen LogP) is 3.09. The van der Waals surface area contributed by atoms with Crippen molar-refractivity contribution in [1.82, 2.24) is 4.90 Å². The number of ketones is 1. The van der Waals surface area contributed by atoms with E-state index in [1.807, 2.05) is 32.9 Å². The summed E-state index contributed by atoms with van der Waals surface area (Å²) in [6, 6.07) is 9.19. The third-order valence-corrected chi connectivity index (χ3v) is 4.35. The third-order valence-electron chi connectivity index (χ3n) is 3.33. The molecule has 4 nitrogen and oxygen atoms in total. The minimum absolute atomic E-state index is 0.00215. The number of allylic oxidation sites excluding steroid dienone is 1. The highest BCUT2D eigenvalue weighted by molar-refractivity contribution is 8.04. The molecule has 1 aromatic rings. The average Bonchev–Trinajstić information content (AvgIpc) is 2.80. The van der Waals surface area contributed by atoms with Crippen molar-refractivity contribution in [3.63, 3.8) is 0 Å². The van der Waals surface area contributed by atoms with Gasteiger partial charge in [0.2, 0.25) is 5.91 Å². The number of nitrogens with zero attached hydrogens (tertiary/aromatic N) is 2. The molecular weight excluding hydrogens is 296 g/mol. The Morgan fingerprint density at radius 1 is 1.36 bits per heavy atom. The molecule has 0 bridgehead atoms. The van der Waals surface area contributed by atoms with Crippen LogP contribution in [0.2, 0.25) is 0 Å². The van der Waals surface area contributed by atoms with Crippen LogP contribution in [0, 0.1) is 16.7 Å². The van der Waals surface area contributed by atoms with Gasteiger partial charge in [0.05, 0.1) is 29.0 Å². The van der Waals surface area contributed by atoms with Gasteiger partial charge in [-0.15, -0.1) is 0 Å². The fourth-order valence-electron chi connectivity index (χ4n) is 1.90. The van der Waals surface area contributed by atoms with E-state index in [2.05, 4.69) is 6.07 Å². The van der Waals surface area contributed by atoms with E-state index in [9.17, 15) is 9.59 Å². The fourth-order valence-corrected chi connectivity index (χ4v) is 2.84. The Hall–Kier alpha value is -2.06. The summed E-state index contributed by atoms with van der Waals surface area (Å²) < 4.78 is 0. The summed E-state index contributed by atoms with van der Waals surface area (Å²) in [5, 5.41) is 9.51. The van der Waals surface area contributed by atoms with E-state index >= 15 is 0 Å². The fraction of sp³-hybridized carbons (Fsp3) is 0.353. The minimum Gasteiger partial charge on any atom is -0.301 e. The van der Waals surface area contributed by atoms with Gasteiger partial charge in [-0.25, -0.2) is 0 Å². The third kappa shape index (κ3) is 3.77. The van der Waals surface area contributed by atoms with Crippen LogP contribution in [0.25, 0.3) is 0 Å². The molecule has 1 aromatic carbocycles. The van der Waals surface area contributed by atoms with Gasteiger partial charge < -0.3 is 4.90 Å². The molecule has 0 aromatic heterocycles. The van der Waals surface area contributed by atoms with Crippen molar-refractivity contribution in [2.75, 3.05) is 5.75 Å². The lowest BCUT2D eigenvalue weighted by atomic mass is 9.91. The van der Waals surface area contributed by atoms with Crippen LogP contribution in [0.15, 0.2) is 35.4 Å². The van der Waals surface area contributed by atoms with Gasteiger partial charge in [0.1, 0.15) is 0 Å². The van der Waals surface area contributed by atoms with Crippen LogP contribution >= 0.6 is 11.8 Å². The maximum Gasteiger partial charge on any atom is 0.238 e. The number of thioether (sulfide) groups is 1. The van der Waals surface area contributed by atoms with E-state index in [0.29, 0.717) is 22.9 Å². The van der Waals surface area contributed by atoms with Crippen molar-refractivity contribution < 1.29 is 9.59 Å². The van der Waals surface area contributed by atoms with E-state index in [4.69, 9.17) is 5.26 Å². The Morgan fingerprint density at radius 2 is 2.00 bits per heavy atom. The molecule has 0 radical (unpaired) electrons. The van der Waals surface area contributed by atoms with E-state index in [1.165, 1.54) is 11.8 Å². The molecule has 5 heteroatoms. The summed E-state index contributed by atoms with van der Waals surface area (Å²) in [6.45, 7) is 6.00. The van der Waals surface area contributed by atoms with Crippen molar-refractivity contribution in [2.24, 2.45) is 5.41 Å². The molecule has 0 unspecified atom stereocenters. The number of amides is 1. The van der Waals surface area contributed by atoms with Gasteiger partial charge in [-0.2, -0.15) is 5.26 Å². The van der Waals surface area contributed by atoms with E-state index in [-0.39, 0.29) is 11.7 Å².